The quantitative estimate of drug-likeness (QED) is 0.422. The van der Waals surface area contributed by atoms with Gasteiger partial charge in [-0.25, -0.2) is 0 Å². The van der Waals surface area contributed by atoms with Crippen LogP contribution in [0.3, 0.4) is 0 Å². The standard InChI is InChI=1S/C6H6BNO4.FN.W/c9-7(10)5-1-3-6(4-2-5)8(11)12;1-2;/h1-4,9-10H;;. The van der Waals surface area contributed by atoms with Gasteiger partial charge in [0.1, 0.15) is 0 Å². The molecule has 0 unspecified atom stereocenters. The van der Waals surface area contributed by atoms with Crippen LogP contribution >= 0.6 is 0 Å². The smallest absolute Gasteiger partial charge is 0.423 e. The van der Waals surface area contributed by atoms with Crippen LogP contribution in [0.5, 0.6) is 0 Å². The third kappa shape index (κ3) is 5.46. The molecule has 6 nitrogen and oxygen atoms in total. The zero-order valence-corrected chi connectivity index (χ0v) is 10.2. The SMILES string of the molecule is F[N]=[W].O=[N+]([O-])c1ccc(B(O)O)cc1. The summed E-state index contributed by atoms with van der Waals surface area (Å²) in [4.78, 5) is 9.61. The van der Waals surface area contributed by atoms with Gasteiger partial charge in [-0.3, -0.25) is 10.1 Å². The van der Waals surface area contributed by atoms with Crippen LogP contribution in [0.4, 0.5) is 10.2 Å². The first-order valence-electron chi connectivity index (χ1n) is 3.57. The number of hydrogen-bond donors (Lipinski definition) is 2. The molecule has 0 saturated carbocycles. The molecule has 0 aliphatic carbocycles. The number of halogens is 1. The van der Waals surface area contributed by atoms with E-state index in [1.807, 2.05) is 0 Å². The summed E-state index contributed by atoms with van der Waals surface area (Å²) in [7, 11) is -1.58. The Bertz CT molecular complexity index is 334. The minimum Gasteiger partial charge on any atom is -0.423 e. The fourth-order valence-electron chi connectivity index (χ4n) is 0.768. The predicted octanol–water partition coefficient (Wildman–Crippen LogP) is -0.124. The van der Waals surface area contributed by atoms with E-state index in [0.29, 0.717) is 19.6 Å². The molecule has 0 aliphatic rings. The van der Waals surface area contributed by atoms with Crippen molar-refractivity contribution in [3.8, 4) is 0 Å². The minimum atomic E-state index is -1.58. The van der Waals surface area contributed by atoms with Gasteiger partial charge in [-0.1, -0.05) is 12.1 Å². The zero-order valence-electron chi connectivity index (χ0n) is 7.28. The maximum atomic E-state index is 10.2. The normalized spacial score (nSPS) is 8.47. The van der Waals surface area contributed by atoms with Crippen LogP contribution in [0.1, 0.15) is 0 Å². The van der Waals surface area contributed by atoms with Crippen LogP contribution in [-0.2, 0) is 19.6 Å². The van der Waals surface area contributed by atoms with E-state index in [2.05, 4.69) is 3.72 Å². The summed E-state index contributed by atoms with van der Waals surface area (Å²) in [5.74, 6) is 0. The molecular formula is C6H6BFN2O4W. The zero-order chi connectivity index (χ0) is 11.8. The van der Waals surface area contributed by atoms with Crippen molar-refractivity contribution in [2.75, 3.05) is 0 Å². The van der Waals surface area contributed by atoms with Crippen LogP contribution in [0.2, 0.25) is 0 Å². The Kier molecular flexibility index (Phi) is 6.86. The van der Waals surface area contributed by atoms with Gasteiger partial charge in [0.05, 0.1) is 4.92 Å². The average Bonchev–Trinajstić information content (AvgIpc) is 2.19. The molecule has 1 rings (SSSR count). The third-order valence-electron chi connectivity index (χ3n) is 1.40. The van der Waals surface area contributed by atoms with E-state index in [9.17, 15) is 14.6 Å². The van der Waals surface area contributed by atoms with E-state index in [4.69, 9.17) is 10.0 Å². The molecule has 9 heteroatoms. The van der Waals surface area contributed by atoms with Gasteiger partial charge in [0.2, 0.25) is 0 Å². The summed E-state index contributed by atoms with van der Waals surface area (Å²) >= 11 is 0.630. The summed E-state index contributed by atoms with van der Waals surface area (Å²) in [5, 5.41) is 27.4. The second-order valence-electron chi connectivity index (χ2n) is 2.29. The molecule has 0 fully saturated rings. The van der Waals surface area contributed by atoms with Crippen molar-refractivity contribution in [3.63, 3.8) is 0 Å². The number of nitro groups is 1. The Hall–Kier alpha value is -0.977. The maximum absolute atomic E-state index is 10.2. The Morgan fingerprint density at radius 2 is 1.80 bits per heavy atom. The van der Waals surface area contributed by atoms with E-state index in [-0.39, 0.29) is 11.2 Å². The van der Waals surface area contributed by atoms with Gasteiger partial charge < -0.3 is 10.0 Å². The van der Waals surface area contributed by atoms with Gasteiger partial charge in [-0.2, -0.15) is 0 Å². The van der Waals surface area contributed by atoms with E-state index < -0.39 is 12.0 Å². The van der Waals surface area contributed by atoms with Crippen molar-refractivity contribution in [2.45, 2.75) is 0 Å². The molecule has 0 saturated heterocycles. The number of benzene rings is 1. The summed E-state index contributed by atoms with van der Waals surface area (Å²) in [6.45, 7) is 0. The summed E-state index contributed by atoms with van der Waals surface area (Å²) < 4.78 is 12.0. The van der Waals surface area contributed by atoms with E-state index in [1.165, 1.54) is 24.3 Å². The van der Waals surface area contributed by atoms with E-state index in [1.54, 1.807) is 0 Å². The first-order chi connectivity index (χ1) is 7.02. The number of non-ortho nitro benzene ring substituents is 1. The van der Waals surface area contributed by atoms with Gasteiger partial charge >= 0.3 is 34.9 Å². The van der Waals surface area contributed by atoms with E-state index in [0.717, 1.165) is 0 Å². The predicted molar refractivity (Wildman–Crippen MR) is 46.5 cm³/mol. The summed E-state index contributed by atoms with van der Waals surface area (Å²) in [6.07, 6.45) is 0. The molecule has 0 heterocycles. The molecule has 1 aromatic carbocycles. The van der Waals surface area contributed by atoms with Crippen LogP contribution in [0, 0.1) is 10.1 Å². The largest absolute Gasteiger partial charge is 0.488 e. The van der Waals surface area contributed by atoms with Gasteiger partial charge in [-0.05, 0) is 5.46 Å². The number of hydrogen-bond acceptors (Lipinski definition) is 5. The first kappa shape index (κ1) is 14.0. The number of nitro benzene ring substituents is 1. The number of rotatable bonds is 2. The molecular weight excluding hydrogens is 378 g/mol. The van der Waals surface area contributed by atoms with E-state index >= 15 is 0 Å². The van der Waals surface area contributed by atoms with Crippen molar-refractivity contribution in [1.82, 2.24) is 0 Å². The number of nitrogens with zero attached hydrogens (tertiary/aromatic N) is 2. The van der Waals surface area contributed by atoms with Gasteiger partial charge in [-0.15, -0.1) is 0 Å². The van der Waals surface area contributed by atoms with Gasteiger partial charge in [0, 0.05) is 12.1 Å². The summed E-state index contributed by atoms with van der Waals surface area (Å²) in [6, 6.07) is 5.02. The van der Waals surface area contributed by atoms with Crippen LogP contribution < -0.4 is 5.46 Å². The molecule has 0 amide bonds. The molecule has 0 bridgehead atoms. The van der Waals surface area contributed by atoms with Crippen molar-refractivity contribution >= 4 is 18.3 Å². The van der Waals surface area contributed by atoms with Crippen LogP contribution in [-0.4, -0.2) is 22.1 Å². The Balaban J connectivity index is 0.000000583. The fourth-order valence-corrected chi connectivity index (χ4v) is 0.768. The minimum absolute atomic E-state index is 0.0700. The molecule has 0 spiro atoms. The van der Waals surface area contributed by atoms with Crippen molar-refractivity contribution in [3.05, 3.63) is 34.4 Å². The van der Waals surface area contributed by atoms with Crippen molar-refractivity contribution < 1.29 is 39.1 Å². The second kappa shape index (κ2) is 7.33. The molecule has 0 radical (unpaired) electrons. The van der Waals surface area contributed by atoms with Crippen LogP contribution in [0.15, 0.2) is 28.0 Å². The molecule has 0 aromatic heterocycles. The molecule has 80 valence electrons. The Labute approximate surface area is 95.7 Å². The maximum Gasteiger partial charge on any atom is 0.488 e. The molecule has 2 N–H and O–H groups in total. The van der Waals surface area contributed by atoms with Crippen molar-refractivity contribution in [1.29, 1.82) is 0 Å². The van der Waals surface area contributed by atoms with Crippen molar-refractivity contribution in [2.24, 2.45) is 3.72 Å². The first-order valence-corrected chi connectivity index (χ1v) is 4.88. The van der Waals surface area contributed by atoms with Gasteiger partial charge in [0.25, 0.3) is 5.69 Å². The Morgan fingerprint density at radius 3 is 2.07 bits per heavy atom. The fraction of sp³-hybridized carbons (Fsp3) is 0. The molecule has 15 heavy (non-hydrogen) atoms. The second-order valence-corrected chi connectivity index (χ2v) is 2.79. The topological polar surface area (TPSA) is 96.0 Å². The Morgan fingerprint density at radius 1 is 1.40 bits per heavy atom. The molecule has 1 aromatic rings. The molecule has 0 atom stereocenters. The van der Waals surface area contributed by atoms with Gasteiger partial charge in [0.15, 0.2) is 0 Å². The third-order valence-corrected chi connectivity index (χ3v) is 1.40. The summed E-state index contributed by atoms with van der Waals surface area (Å²) in [5.41, 5.74) is 0.167. The average molecular weight is 384 g/mol. The molecule has 0 aliphatic heterocycles. The monoisotopic (exact) mass is 384 g/mol. The van der Waals surface area contributed by atoms with Crippen LogP contribution in [0.25, 0.3) is 0 Å².